The first-order chi connectivity index (χ1) is 57.0. The number of aromatic nitrogens is 6. The minimum atomic E-state index is -4.34. The zero-order valence-electron chi connectivity index (χ0n) is 63.7. The molecule has 14 rings (SSSR count). The average Bonchev–Trinajstić information content (AvgIpc) is 1.19. The molecular weight excluding hydrogens is 1690 g/mol. The lowest BCUT2D eigenvalue weighted by atomic mass is 10.0. The number of nitrogens with zero attached hydrogens (tertiary/aromatic N) is 5. The summed E-state index contributed by atoms with van der Waals surface area (Å²) < 4.78 is 169. The first-order valence-electron chi connectivity index (χ1n) is 35.5. The number of rotatable bonds is 25. The molecular formula is C85H72Cl4F2N10O14S4. The Morgan fingerprint density at radius 3 is 1.36 bits per heavy atom. The Labute approximate surface area is 705 Å². The molecule has 612 valence electrons. The molecule has 2 heterocycles. The number of ether oxygens (including phenoxy) is 5. The minimum Gasteiger partial charge on any atom is -0.496 e. The smallest absolute Gasteiger partial charge is 0.265 e. The first-order valence-corrected chi connectivity index (χ1v) is 43.1. The largest absolute Gasteiger partial charge is 0.496 e. The SMILES string of the molecule is CCC(=O)Nc1c(Cl)cc(Cl)cc1S(=O)(=O)Nc1cc(-c2ccccc2)ccc1OC.COc1ccc(-c2ccccc2)cc1CS(=O)(=O)c1cc(-c2nn[nH]n2)ccc1OC.COc1ccccc1S(=O)(=O)Nc1cc(-c2ccccc2)ccc1F.Cn1ccc(Oc2c(Cl)cc(Cl)cc2S(=O)(=O)Nc2cc(-c3ccccc3)ccc2F)n1. The van der Waals surface area contributed by atoms with E-state index in [2.05, 4.69) is 45.2 Å². The fraction of sp³-hybridized carbons (Fsp3) is 0.0941. The Morgan fingerprint density at radius 1 is 0.437 bits per heavy atom. The predicted molar refractivity (Wildman–Crippen MR) is 458 cm³/mol. The first kappa shape index (κ1) is 87.4. The van der Waals surface area contributed by atoms with E-state index in [0.29, 0.717) is 39.6 Å². The number of amides is 1. The number of nitrogens with one attached hydrogen (secondary N) is 5. The summed E-state index contributed by atoms with van der Waals surface area (Å²) in [7, 11) is -8.87. The monoisotopic (exact) mass is 1760 g/mol. The highest BCUT2D eigenvalue weighted by Crippen LogP contribution is 2.42. The van der Waals surface area contributed by atoms with Gasteiger partial charge in [0.05, 0.1) is 67.0 Å². The molecule has 34 heteroatoms. The second kappa shape index (κ2) is 39.2. The molecule has 0 aliphatic heterocycles. The third-order valence-electron chi connectivity index (χ3n) is 17.4. The third-order valence-corrected chi connectivity index (χ3v) is 24.3. The van der Waals surface area contributed by atoms with Crippen molar-refractivity contribution in [3.8, 4) is 90.5 Å². The number of carbonyl (C=O) groups excluding carboxylic acids is 1. The molecule has 0 aliphatic rings. The third kappa shape index (κ3) is 22.3. The molecule has 2 aromatic heterocycles. The van der Waals surface area contributed by atoms with Gasteiger partial charge in [0.1, 0.15) is 54.2 Å². The van der Waals surface area contributed by atoms with Crippen molar-refractivity contribution in [3.63, 3.8) is 0 Å². The van der Waals surface area contributed by atoms with Crippen LogP contribution in [-0.4, -0.2) is 98.4 Å². The lowest BCUT2D eigenvalue weighted by molar-refractivity contribution is -0.115. The molecule has 5 N–H and O–H groups in total. The minimum absolute atomic E-state index is 0.0136. The standard InChI is InChI=1S/C22H16Cl2FN3O3S.C22H20Cl2N2O4S.C22H20N4O4S.C19H16FNO3S/c1-28-10-9-21(26-28)31-22-17(24)12-16(23)13-20(22)32(29,30)27-19-11-15(7-8-18(19)25)14-5-3-2-4-6-14;1-3-21(27)25-22-17(24)12-16(23)13-20(22)31(28,29)26-18-11-15(9-10-19(18)30-2)14-7-5-4-6-8-14;1-29-19-10-8-16(15-6-4-3-5-7-15)12-18(19)14-31(27,28)21-13-17(9-11-20(21)30-2)22-23-25-26-24-22;1-24-18-9-5-6-10-19(18)25(22,23)21-17-13-15(11-12-16(17)20)14-7-3-2-4-8-14/h2-13,27H,1H3;4-13,26H,3H2,1-2H3,(H,25,27);3-13H,14H2,1-2H3,(H,23,24,25,26);2-13,21H,1H3. The predicted octanol–water partition coefficient (Wildman–Crippen LogP) is 19.8. The van der Waals surface area contributed by atoms with Crippen LogP contribution in [0.4, 0.5) is 31.5 Å². The van der Waals surface area contributed by atoms with Crippen LogP contribution in [0.25, 0.3) is 55.9 Å². The summed E-state index contributed by atoms with van der Waals surface area (Å²) in [5.41, 5.74) is 7.51. The number of halogens is 6. The molecule has 0 bridgehead atoms. The Morgan fingerprint density at radius 2 is 0.866 bits per heavy atom. The number of benzene rings is 12. The molecule has 119 heavy (non-hydrogen) atoms. The molecule has 0 saturated carbocycles. The zero-order valence-corrected chi connectivity index (χ0v) is 70.0. The molecule has 1 amide bonds. The fourth-order valence-electron chi connectivity index (χ4n) is 11.7. The van der Waals surface area contributed by atoms with Crippen molar-refractivity contribution in [1.82, 2.24) is 30.4 Å². The van der Waals surface area contributed by atoms with Crippen molar-refractivity contribution in [2.45, 2.75) is 38.7 Å². The highest BCUT2D eigenvalue weighted by atomic mass is 35.5. The van der Waals surface area contributed by atoms with E-state index >= 15 is 0 Å². The van der Waals surface area contributed by atoms with Gasteiger partial charge < -0.3 is 29.0 Å². The van der Waals surface area contributed by atoms with E-state index in [1.807, 2.05) is 140 Å². The van der Waals surface area contributed by atoms with Gasteiger partial charge in [-0.1, -0.05) is 211 Å². The van der Waals surface area contributed by atoms with E-state index < -0.39 is 51.5 Å². The number of tetrazole rings is 1. The summed E-state index contributed by atoms with van der Waals surface area (Å²) in [5.74, 6) is -0.540. The number of H-pyrrole nitrogens is 1. The molecule has 14 aromatic rings. The summed E-state index contributed by atoms with van der Waals surface area (Å²) in [6.45, 7) is 1.64. The van der Waals surface area contributed by atoms with Gasteiger partial charge in [0, 0.05) is 46.9 Å². The topological polar surface area (TPSA) is 320 Å². The maximum Gasteiger partial charge on any atom is 0.265 e. The van der Waals surface area contributed by atoms with Crippen molar-refractivity contribution in [1.29, 1.82) is 0 Å². The van der Waals surface area contributed by atoms with Crippen LogP contribution >= 0.6 is 46.4 Å². The van der Waals surface area contributed by atoms with Gasteiger partial charge in [-0.15, -0.1) is 15.3 Å². The van der Waals surface area contributed by atoms with Crippen LogP contribution in [0.5, 0.6) is 34.6 Å². The lowest BCUT2D eigenvalue weighted by Crippen LogP contribution is -2.18. The Hall–Kier alpha value is -12.4. The van der Waals surface area contributed by atoms with Gasteiger partial charge in [-0.3, -0.25) is 23.6 Å². The molecule has 0 saturated heterocycles. The zero-order chi connectivity index (χ0) is 85.2. The van der Waals surface area contributed by atoms with E-state index in [9.17, 15) is 47.2 Å². The van der Waals surface area contributed by atoms with Gasteiger partial charge in [-0.25, -0.2) is 42.5 Å². The normalized spacial score (nSPS) is 11.2. The van der Waals surface area contributed by atoms with Crippen molar-refractivity contribution in [3.05, 3.63) is 310 Å². The fourth-order valence-corrected chi connectivity index (χ4v) is 18.3. The number of methoxy groups -OCH3 is 4. The summed E-state index contributed by atoms with van der Waals surface area (Å²) in [5, 5.41) is 20.5. The van der Waals surface area contributed by atoms with Crippen LogP contribution in [0, 0.1) is 11.6 Å². The van der Waals surface area contributed by atoms with E-state index in [1.54, 1.807) is 74.8 Å². The highest BCUT2D eigenvalue weighted by Gasteiger charge is 2.30. The number of hydrogen-bond acceptors (Lipinski definition) is 18. The number of sulfone groups is 1. The van der Waals surface area contributed by atoms with Crippen molar-refractivity contribution in [2.24, 2.45) is 7.05 Å². The number of anilines is 4. The molecule has 0 atom stereocenters. The number of carbonyl (C=O) groups is 1. The average molecular weight is 1770 g/mol. The number of aryl methyl sites for hydroxylation is 1. The number of sulfonamides is 3. The summed E-state index contributed by atoms with van der Waals surface area (Å²) in [6.07, 6.45) is 1.77. The summed E-state index contributed by atoms with van der Waals surface area (Å²) in [4.78, 5) is 11.3. The summed E-state index contributed by atoms with van der Waals surface area (Å²) in [6, 6.07) is 74.5. The van der Waals surface area contributed by atoms with Crippen LogP contribution in [-0.2, 0) is 57.5 Å². The number of aromatic amines is 1. The van der Waals surface area contributed by atoms with Crippen molar-refractivity contribution >= 4 is 115 Å². The van der Waals surface area contributed by atoms with Crippen LogP contribution in [0.1, 0.15) is 18.9 Å². The van der Waals surface area contributed by atoms with Gasteiger partial charge in [-0.2, -0.15) is 5.21 Å². The van der Waals surface area contributed by atoms with Crippen LogP contribution in [0.3, 0.4) is 0 Å². The molecule has 12 aromatic carbocycles. The van der Waals surface area contributed by atoms with Crippen LogP contribution in [0.15, 0.2) is 293 Å². The van der Waals surface area contributed by atoms with Gasteiger partial charge in [0.25, 0.3) is 30.1 Å². The lowest BCUT2D eigenvalue weighted by Gasteiger charge is -2.17. The maximum absolute atomic E-state index is 14.5. The van der Waals surface area contributed by atoms with Gasteiger partial charge in [0.15, 0.2) is 15.6 Å². The van der Waals surface area contributed by atoms with Gasteiger partial charge >= 0.3 is 0 Å². The molecule has 0 aliphatic carbocycles. The highest BCUT2D eigenvalue weighted by molar-refractivity contribution is 7.93. The quantitative estimate of drug-likeness (QED) is 0.0355. The number of hydrogen-bond donors (Lipinski definition) is 5. The van der Waals surface area contributed by atoms with E-state index in [0.717, 1.165) is 33.4 Å². The Kier molecular flexibility index (Phi) is 28.8. The van der Waals surface area contributed by atoms with Crippen LogP contribution < -0.4 is 43.2 Å². The second-order valence-corrected chi connectivity index (χ2v) is 34.0. The Bertz CT molecular complexity index is 6440. The second-order valence-electron chi connectivity index (χ2n) is 25.4. The van der Waals surface area contributed by atoms with Crippen molar-refractivity contribution < 1.29 is 70.9 Å². The molecule has 0 spiro atoms. The van der Waals surface area contributed by atoms with E-state index in [-0.39, 0.29) is 104 Å². The molecule has 24 nitrogen and oxygen atoms in total. The summed E-state index contributed by atoms with van der Waals surface area (Å²) >= 11 is 24.5. The van der Waals surface area contributed by atoms with Gasteiger partial charge in [-0.05, 0) is 153 Å². The number of para-hydroxylation sites is 1. The molecule has 0 radical (unpaired) electrons. The van der Waals surface area contributed by atoms with E-state index in [1.165, 1.54) is 106 Å². The van der Waals surface area contributed by atoms with Crippen molar-refractivity contribution in [2.75, 3.05) is 47.9 Å². The molecule has 0 unspecified atom stereocenters. The van der Waals surface area contributed by atoms with E-state index in [4.69, 9.17) is 70.1 Å². The Balaban J connectivity index is 0.000000156. The van der Waals surface area contributed by atoms with Crippen LogP contribution in [0.2, 0.25) is 20.1 Å². The molecule has 0 fully saturated rings. The van der Waals surface area contributed by atoms with Gasteiger partial charge in [0.2, 0.25) is 17.6 Å². The maximum atomic E-state index is 14.5.